The Morgan fingerprint density at radius 2 is 2.11 bits per heavy atom. The highest BCUT2D eigenvalue weighted by molar-refractivity contribution is 5.37. The van der Waals surface area contributed by atoms with Crippen LogP contribution in [-0.4, -0.2) is 84.0 Å². The van der Waals surface area contributed by atoms with Gasteiger partial charge in [-0.3, -0.25) is 4.90 Å². The summed E-state index contributed by atoms with van der Waals surface area (Å²) in [6, 6.07) is -0.568. The Morgan fingerprint density at radius 3 is 2.86 bits per heavy atom. The molecule has 2 spiro atoms. The molecule has 0 aromatic carbocycles. The molecule has 2 saturated heterocycles. The van der Waals surface area contributed by atoms with E-state index in [1.54, 1.807) is 14.2 Å². The maximum absolute atomic E-state index is 12.4. The zero-order valence-electron chi connectivity index (χ0n) is 21.4. The average Bonchev–Trinajstić information content (AvgIpc) is 3.20. The van der Waals surface area contributed by atoms with Crippen LogP contribution in [-0.2, 0) is 14.2 Å². The van der Waals surface area contributed by atoms with E-state index in [1.807, 2.05) is 0 Å². The number of aliphatic hydroxyl groups is 2. The molecule has 6 nitrogen and oxygen atoms in total. The van der Waals surface area contributed by atoms with Crippen molar-refractivity contribution in [2.45, 2.75) is 74.2 Å². The number of likely N-dealkylation sites (N-methyl/N-ethyl adjacent to an activating group) is 1. The number of fused-ring (bicyclic) bond motifs is 2. The molecule has 5 saturated carbocycles. The predicted molar refractivity (Wildman–Crippen MR) is 99.5 cm³/mol. The first-order chi connectivity index (χ1) is 15.4. The fourth-order valence-corrected chi connectivity index (χ4v) is 9.97. The average molecular weight is 397 g/mol. The van der Waals surface area contributed by atoms with Crippen molar-refractivity contribution in [2.24, 2.45) is 35.0 Å². The number of nitrogens with zero attached hydrogens (tertiary/aromatic N) is 1. The largest absolute Gasteiger partial charge is 0.392 e. The van der Waals surface area contributed by atoms with Crippen LogP contribution >= 0.6 is 0 Å². The van der Waals surface area contributed by atoms with Gasteiger partial charge in [-0.2, -0.15) is 0 Å². The Kier molecular flexibility index (Phi) is 2.35. The van der Waals surface area contributed by atoms with Crippen LogP contribution in [0.15, 0.2) is 0 Å². The third kappa shape index (κ3) is 1.50. The number of piperidine rings is 1. The molecule has 6 heteroatoms. The molecule has 7 fully saturated rings. The van der Waals surface area contributed by atoms with Gasteiger partial charge in [0.2, 0.25) is 0 Å². The molecule has 2 heterocycles. The van der Waals surface area contributed by atoms with Crippen LogP contribution in [0.4, 0.5) is 0 Å². The lowest BCUT2D eigenvalue weighted by molar-refractivity contribution is -0.254. The maximum atomic E-state index is 12.4. The van der Waals surface area contributed by atoms with Gasteiger partial charge in [0.25, 0.3) is 0 Å². The van der Waals surface area contributed by atoms with Crippen molar-refractivity contribution >= 4 is 0 Å². The van der Waals surface area contributed by atoms with E-state index in [0.29, 0.717) is 25.7 Å². The number of likely N-dealkylation sites (tertiary alicyclic amines) is 1. The van der Waals surface area contributed by atoms with E-state index in [-0.39, 0.29) is 54.4 Å². The van der Waals surface area contributed by atoms with E-state index in [2.05, 4.69) is 0 Å². The second kappa shape index (κ2) is 4.97. The van der Waals surface area contributed by atoms with Gasteiger partial charge in [-0.15, -0.1) is 0 Å². The highest BCUT2D eigenvalue weighted by Gasteiger charge is 2.88. The lowest BCUT2D eigenvalue weighted by atomic mass is 9.46. The smallest absolute Gasteiger partial charge is 0.111 e. The van der Waals surface area contributed by atoms with Gasteiger partial charge in [-0.05, 0) is 25.3 Å². The van der Waals surface area contributed by atoms with Crippen LogP contribution in [0.25, 0.3) is 0 Å². The van der Waals surface area contributed by atoms with Gasteiger partial charge in [-0.1, -0.05) is 6.85 Å². The molecule has 0 aromatic rings. The van der Waals surface area contributed by atoms with E-state index >= 15 is 0 Å². The SMILES string of the molecule is [2H]C([2H])([2H])C([2H])([2H])N1C[C@]23O[C@H]2C[C@H](O)[C@@]24[C@@H]5C[C@H]6[C@H](OC)[C@@H]5[C@](O)(C[C@@H]6OC)[C@@H](C[C@H]32)[C@@H]14. The number of methoxy groups -OCH3 is 2. The molecule has 7 aliphatic rings. The summed E-state index contributed by atoms with van der Waals surface area (Å²) < 4.78 is 59.6. The van der Waals surface area contributed by atoms with Crippen molar-refractivity contribution in [3.8, 4) is 0 Å². The number of rotatable bonds is 3. The number of hydrogen-bond acceptors (Lipinski definition) is 6. The molecule has 28 heavy (non-hydrogen) atoms. The first-order valence-electron chi connectivity index (χ1n) is 13.3. The molecule has 2 aliphatic heterocycles. The van der Waals surface area contributed by atoms with Crippen LogP contribution in [0.3, 0.4) is 0 Å². The van der Waals surface area contributed by atoms with Crippen LogP contribution < -0.4 is 0 Å². The summed E-state index contributed by atoms with van der Waals surface area (Å²) in [4.78, 5) is 1.49. The van der Waals surface area contributed by atoms with Crippen molar-refractivity contribution in [1.29, 1.82) is 0 Å². The zero-order valence-corrected chi connectivity index (χ0v) is 16.4. The minimum absolute atomic E-state index is 0.0192. The third-order valence-electron chi connectivity index (χ3n) is 10.5. The third-order valence-corrected chi connectivity index (χ3v) is 10.5. The quantitative estimate of drug-likeness (QED) is 0.683. The van der Waals surface area contributed by atoms with Gasteiger partial charge in [0.1, 0.15) is 5.60 Å². The first kappa shape index (κ1) is 13.2. The number of epoxide rings is 1. The van der Waals surface area contributed by atoms with Gasteiger partial charge in [0, 0.05) is 75.6 Å². The van der Waals surface area contributed by atoms with Crippen molar-refractivity contribution < 1.29 is 31.3 Å². The Hall–Kier alpha value is -0.240. The van der Waals surface area contributed by atoms with Crippen molar-refractivity contribution in [2.75, 3.05) is 27.3 Å². The Bertz CT molecular complexity index is 905. The molecular weight excluding hydrogens is 358 g/mol. The fraction of sp³-hybridized carbons (Fsp3) is 1.00. The molecule has 0 amide bonds. The summed E-state index contributed by atoms with van der Waals surface area (Å²) in [5, 5.41) is 24.2. The first-order valence-corrected chi connectivity index (χ1v) is 10.8. The monoisotopic (exact) mass is 396 g/mol. The fourth-order valence-electron chi connectivity index (χ4n) is 9.97. The molecule has 156 valence electrons. The van der Waals surface area contributed by atoms with Gasteiger partial charge in [-0.25, -0.2) is 0 Å². The summed E-state index contributed by atoms with van der Waals surface area (Å²) >= 11 is 0. The molecule has 0 aromatic heterocycles. The van der Waals surface area contributed by atoms with E-state index in [0.717, 1.165) is 0 Å². The van der Waals surface area contributed by atoms with Crippen molar-refractivity contribution in [3.05, 3.63) is 0 Å². The highest BCUT2D eigenvalue weighted by Crippen LogP contribution is 2.80. The summed E-state index contributed by atoms with van der Waals surface area (Å²) in [6.45, 7) is -5.27. The minimum atomic E-state index is -2.87. The Morgan fingerprint density at radius 1 is 1.25 bits per heavy atom. The van der Waals surface area contributed by atoms with Crippen molar-refractivity contribution in [1.82, 2.24) is 4.90 Å². The summed E-state index contributed by atoms with van der Waals surface area (Å²) in [5.74, 6) is -0.621. The van der Waals surface area contributed by atoms with Crippen LogP contribution in [0.5, 0.6) is 0 Å². The molecule has 2 N–H and O–H groups in total. The standard InChI is InChI=1S/C22H33NO5/c1-4-23-9-21-14-6-12-19(23)22(14,15(24)7-16(21)28-21)11-5-10-13(26-2)8-20(12,25)17(11)18(10)27-3/h10-19,24-25H,4-9H2,1-3H3/t10-,11-,12+,13+,14-,15+,16+,17-,18+,19-,20+,21-,22-/m1/s1/i1D3,4D2. The second-order valence-corrected chi connectivity index (χ2v) is 10.6. The summed E-state index contributed by atoms with van der Waals surface area (Å²) in [7, 11) is 3.33. The van der Waals surface area contributed by atoms with Gasteiger partial charge < -0.3 is 24.4 Å². The van der Waals surface area contributed by atoms with Crippen molar-refractivity contribution in [3.63, 3.8) is 0 Å². The number of ether oxygens (including phenoxy) is 3. The lowest BCUT2D eigenvalue weighted by Gasteiger charge is -2.65. The minimum Gasteiger partial charge on any atom is -0.392 e. The van der Waals surface area contributed by atoms with E-state index < -0.39 is 42.1 Å². The Labute approximate surface area is 173 Å². The van der Waals surface area contributed by atoms with E-state index in [1.165, 1.54) is 4.90 Å². The molecule has 7 rings (SSSR count). The number of aliphatic hydroxyl groups excluding tert-OH is 1. The normalized spacial score (nSPS) is 71.6. The summed E-state index contributed by atoms with van der Waals surface area (Å²) in [6.07, 6.45) is 0.920. The molecule has 0 radical (unpaired) electrons. The van der Waals surface area contributed by atoms with Gasteiger partial charge in [0.15, 0.2) is 0 Å². The van der Waals surface area contributed by atoms with Crippen LogP contribution in [0, 0.1) is 35.0 Å². The zero-order chi connectivity index (χ0) is 23.5. The second-order valence-electron chi connectivity index (χ2n) is 10.6. The molecular formula is C22H33NO5. The van der Waals surface area contributed by atoms with Gasteiger partial charge in [0.05, 0.1) is 30.0 Å². The topological polar surface area (TPSA) is 74.7 Å². The molecule has 7 bridgehead atoms. The lowest BCUT2D eigenvalue weighted by Crippen LogP contribution is -2.75. The number of hydrogen-bond donors (Lipinski definition) is 2. The Balaban J connectivity index is 1.47. The summed E-state index contributed by atoms with van der Waals surface area (Å²) in [5.41, 5.74) is -2.54. The maximum Gasteiger partial charge on any atom is 0.111 e. The van der Waals surface area contributed by atoms with Gasteiger partial charge >= 0.3 is 0 Å². The van der Waals surface area contributed by atoms with Crippen LogP contribution in [0.1, 0.15) is 39.4 Å². The highest BCUT2D eigenvalue weighted by atomic mass is 16.6. The predicted octanol–water partition coefficient (Wildman–Crippen LogP) is 0.646. The van der Waals surface area contributed by atoms with E-state index in [4.69, 9.17) is 21.1 Å². The molecule has 0 unspecified atom stereocenters. The molecule has 13 atom stereocenters. The van der Waals surface area contributed by atoms with E-state index in [9.17, 15) is 10.2 Å². The molecule has 5 aliphatic carbocycles. The van der Waals surface area contributed by atoms with Crippen LogP contribution in [0.2, 0.25) is 0 Å².